The summed E-state index contributed by atoms with van der Waals surface area (Å²) < 4.78 is 32.6. The van der Waals surface area contributed by atoms with Gasteiger partial charge < -0.3 is 10.1 Å². The fourth-order valence-corrected chi connectivity index (χ4v) is 1.91. The zero-order chi connectivity index (χ0) is 13.7. The summed E-state index contributed by atoms with van der Waals surface area (Å²) >= 11 is 0. The normalized spacial score (nSPS) is 14.6. The summed E-state index contributed by atoms with van der Waals surface area (Å²) in [6, 6.07) is 2.77. The topological polar surface area (TPSA) is 21.3 Å². The molecule has 0 aliphatic carbocycles. The van der Waals surface area contributed by atoms with E-state index < -0.39 is 11.6 Å². The van der Waals surface area contributed by atoms with Crippen LogP contribution in [0.3, 0.4) is 0 Å². The first kappa shape index (κ1) is 15.1. The van der Waals surface area contributed by atoms with Crippen molar-refractivity contribution in [2.24, 2.45) is 0 Å². The van der Waals surface area contributed by atoms with E-state index in [1.54, 1.807) is 14.0 Å². The molecule has 4 heteroatoms. The van der Waals surface area contributed by atoms with Crippen LogP contribution >= 0.6 is 0 Å². The molecule has 0 bridgehead atoms. The number of ether oxygens (including phenoxy) is 1. The van der Waals surface area contributed by atoms with E-state index >= 15 is 0 Å². The van der Waals surface area contributed by atoms with Crippen molar-refractivity contribution >= 4 is 0 Å². The quantitative estimate of drug-likeness (QED) is 0.791. The highest BCUT2D eigenvalue weighted by atomic mass is 19.1. The van der Waals surface area contributed by atoms with Crippen molar-refractivity contribution in [3.63, 3.8) is 0 Å². The summed E-state index contributed by atoms with van der Waals surface area (Å²) in [5.41, 5.74) is 0.634. The van der Waals surface area contributed by atoms with Crippen molar-refractivity contribution in [3.8, 4) is 0 Å². The molecule has 2 atom stereocenters. The van der Waals surface area contributed by atoms with Crippen LogP contribution in [0.15, 0.2) is 12.1 Å². The lowest BCUT2D eigenvalue weighted by Crippen LogP contribution is -2.34. The van der Waals surface area contributed by atoms with Gasteiger partial charge in [0.25, 0.3) is 0 Å². The fourth-order valence-electron chi connectivity index (χ4n) is 1.91. The van der Waals surface area contributed by atoms with Gasteiger partial charge >= 0.3 is 0 Å². The van der Waals surface area contributed by atoms with E-state index in [0.29, 0.717) is 18.7 Å². The molecule has 0 amide bonds. The van der Waals surface area contributed by atoms with Gasteiger partial charge in [-0.3, -0.25) is 0 Å². The molecule has 102 valence electrons. The van der Waals surface area contributed by atoms with Crippen LogP contribution < -0.4 is 5.32 Å². The first-order chi connectivity index (χ1) is 8.49. The molecule has 0 radical (unpaired) electrons. The Hall–Kier alpha value is -1.00. The molecule has 0 fully saturated rings. The lowest BCUT2D eigenvalue weighted by Gasteiger charge is -2.23. The molecule has 0 saturated heterocycles. The zero-order valence-electron chi connectivity index (χ0n) is 11.4. The minimum absolute atomic E-state index is 0.0223. The molecule has 2 nitrogen and oxygen atoms in total. The van der Waals surface area contributed by atoms with Gasteiger partial charge in [-0.2, -0.15) is 0 Å². The van der Waals surface area contributed by atoms with E-state index in [9.17, 15) is 8.78 Å². The molecule has 2 unspecified atom stereocenters. The third-order valence-corrected chi connectivity index (χ3v) is 3.30. The minimum Gasteiger partial charge on any atom is -0.383 e. The monoisotopic (exact) mass is 257 g/mol. The summed E-state index contributed by atoms with van der Waals surface area (Å²) in [5, 5.41) is 3.20. The predicted molar refractivity (Wildman–Crippen MR) is 68.9 cm³/mol. The first-order valence-corrected chi connectivity index (χ1v) is 6.15. The molecular formula is C14H21F2NO. The standard InChI is InChI=1S/C14H21F2NO/c1-9-5-6-12(15)13(14(9)16)10(2)11(3)17-7-8-18-4/h5-6,10-11,17H,7-8H2,1-4H3. The number of halogens is 2. The second-order valence-corrected chi connectivity index (χ2v) is 4.62. The molecular weight excluding hydrogens is 236 g/mol. The second-order valence-electron chi connectivity index (χ2n) is 4.62. The smallest absolute Gasteiger partial charge is 0.132 e. The molecule has 0 aromatic heterocycles. The molecule has 0 spiro atoms. The van der Waals surface area contributed by atoms with E-state index in [4.69, 9.17) is 4.74 Å². The van der Waals surface area contributed by atoms with Crippen molar-refractivity contribution in [2.75, 3.05) is 20.3 Å². The number of rotatable bonds is 6. The van der Waals surface area contributed by atoms with Crippen LogP contribution in [-0.2, 0) is 4.74 Å². The van der Waals surface area contributed by atoms with Crippen LogP contribution in [0.1, 0.15) is 30.9 Å². The minimum atomic E-state index is -0.481. The predicted octanol–water partition coefficient (Wildman–Crippen LogP) is 3.00. The van der Waals surface area contributed by atoms with Crippen molar-refractivity contribution in [2.45, 2.75) is 32.7 Å². The molecule has 1 N–H and O–H groups in total. The number of nitrogens with one attached hydrogen (secondary N) is 1. The van der Waals surface area contributed by atoms with Gasteiger partial charge in [0, 0.05) is 31.2 Å². The molecule has 0 heterocycles. The lowest BCUT2D eigenvalue weighted by atomic mass is 9.92. The Morgan fingerprint density at radius 1 is 1.28 bits per heavy atom. The molecule has 18 heavy (non-hydrogen) atoms. The highest BCUT2D eigenvalue weighted by molar-refractivity contribution is 5.30. The third kappa shape index (κ3) is 3.50. The largest absolute Gasteiger partial charge is 0.383 e. The van der Waals surface area contributed by atoms with Gasteiger partial charge in [-0.25, -0.2) is 8.78 Å². The Morgan fingerprint density at radius 3 is 2.56 bits per heavy atom. The van der Waals surface area contributed by atoms with Gasteiger partial charge in [0.05, 0.1) is 6.61 Å². The van der Waals surface area contributed by atoms with Crippen LogP contribution in [0.25, 0.3) is 0 Å². The maximum absolute atomic E-state index is 14.0. The zero-order valence-corrected chi connectivity index (χ0v) is 11.4. The van der Waals surface area contributed by atoms with Crippen LogP contribution in [0.5, 0.6) is 0 Å². The lowest BCUT2D eigenvalue weighted by molar-refractivity contribution is 0.195. The molecule has 1 rings (SSSR count). The highest BCUT2D eigenvalue weighted by Crippen LogP contribution is 2.26. The Kier molecular flexibility index (Phi) is 5.69. The van der Waals surface area contributed by atoms with Crippen LogP contribution in [-0.4, -0.2) is 26.3 Å². The van der Waals surface area contributed by atoms with E-state index in [1.807, 2.05) is 13.8 Å². The van der Waals surface area contributed by atoms with E-state index in [1.165, 1.54) is 12.1 Å². The van der Waals surface area contributed by atoms with Gasteiger partial charge in [0.15, 0.2) is 0 Å². The fraction of sp³-hybridized carbons (Fsp3) is 0.571. The van der Waals surface area contributed by atoms with Gasteiger partial charge in [0.1, 0.15) is 11.6 Å². The third-order valence-electron chi connectivity index (χ3n) is 3.30. The summed E-state index contributed by atoms with van der Waals surface area (Å²) in [6.07, 6.45) is 0. The number of aryl methyl sites for hydroxylation is 1. The van der Waals surface area contributed by atoms with E-state index in [0.717, 1.165) is 0 Å². The number of hydrogen-bond donors (Lipinski definition) is 1. The van der Waals surface area contributed by atoms with Crippen molar-refractivity contribution in [3.05, 3.63) is 34.9 Å². The summed E-state index contributed by atoms with van der Waals surface area (Å²) in [7, 11) is 1.62. The molecule has 1 aromatic rings. The first-order valence-electron chi connectivity index (χ1n) is 6.15. The Balaban J connectivity index is 2.83. The summed E-state index contributed by atoms with van der Waals surface area (Å²) in [4.78, 5) is 0. The Morgan fingerprint density at radius 2 is 1.94 bits per heavy atom. The summed E-state index contributed by atoms with van der Waals surface area (Å²) in [5.74, 6) is -1.16. The van der Waals surface area contributed by atoms with E-state index in [-0.39, 0.29) is 17.5 Å². The van der Waals surface area contributed by atoms with Crippen LogP contribution in [0.4, 0.5) is 8.78 Å². The Labute approximate surface area is 107 Å². The van der Waals surface area contributed by atoms with Gasteiger partial charge in [-0.1, -0.05) is 13.0 Å². The average Bonchev–Trinajstić information content (AvgIpc) is 2.34. The van der Waals surface area contributed by atoms with Crippen molar-refractivity contribution in [1.82, 2.24) is 5.32 Å². The highest BCUT2D eigenvalue weighted by Gasteiger charge is 2.22. The number of methoxy groups -OCH3 is 1. The molecule has 0 saturated carbocycles. The maximum atomic E-state index is 14.0. The SMILES string of the molecule is COCCNC(C)C(C)c1c(F)ccc(C)c1F. The summed E-state index contributed by atoms with van der Waals surface area (Å²) in [6.45, 7) is 6.63. The van der Waals surface area contributed by atoms with Crippen molar-refractivity contribution < 1.29 is 13.5 Å². The average molecular weight is 257 g/mol. The van der Waals surface area contributed by atoms with Gasteiger partial charge in [-0.05, 0) is 25.5 Å². The molecule has 1 aromatic carbocycles. The van der Waals surface area contributed by atoms with Gasteiger partial charge in [0.2, 0.25) is 0 Å². The number of hydrogen-bond acceptors (Lipinski definition) is 2. The van der Waals surface area contributed by atoms with Crippen LogP contribution in [0, 0.1) is 18.6 Å². The number of benzene rings is 1. The van der Waals surface area contributed by atoms with Gasteiger partial charge in [-0.15, -0.1) is 0 Å². The van der Waals surface area contributed by atoms with E-state index in [2.05, 4.69) is 5.32 Å². The molecule has 0 aliphatic heterocycles. The van der Waals surface area contributed by atoms with Crippen LogP contribution in [0.2, 0.25) is 0 Å². The second kappa shape index (κ2) is 6.81. The Bertz CT molecular complexity index is 396. The maximum Gasteiger partial charge on any atom is 0.132 e. The van der Waals surface area contributed by atoms with Crippen molar-refractivity contribution in [1.29, 1.82) is 0 Å². The molecule has 0 aliphatic rings.